The number of hydrogen-bond acceptors (Lipinski definition) is 3. The van der Waals surface area contributed by atoms with Crippen LogP contribution in [-0.2, 0) is 16.1 Å². The normalized spacial score (nSPS) is 14.0. The van der Waals surface area contributed by atoms with E-state index in [1.165, 1.54) is 12.5 Å². The highest BCUT2D eigenvalue weighted by molar-refractivity contribution is 5.98. The Morgan fingerprint density at radius 1 is 0.880 bits per heavy atom. The Kier molecular flexibility index (Phi) is 5.49. The number of amides is 1. The van der Waals surface area contributed by atoms with E-state index in [4.69, 9.17) is 0 Å². The summed E-state index contributed by atoms with van der Waals surface area (Å²) in [4.78, 5) is 28.0. The van der Waals surface area contributed by atoms with Gasteiger partial charge in [-0.05, 0) is 31.0 Å². The maximum atomic E-state index is 12.6. The number of carbonyl (C=O) groups excluding carboxylic acids is 2. The van der Waals surface area contributed by atoms with Crippen molar-refractivity contribution in [2.24, 2.45) is 0 Å². The van der Waals surface area contributed by atoms with Crippen molar-refractivity contribution in [3.05, 3.63) is 60.2 Å². The van der Waals surface area contributed by atoms with Crippen molar-refractivity contribution in [2.45, 2.75) is 32.7 Å². The van der Waals surface area contributed by atoms with Crippen LogP contribution in [0, 0.1) is 0 Å². The van der Waals surface area contributed by atoms with Crippen molar-refractivity contribution in [1.82, 2.24) is 0 Å². The molecule has 0 spiro atoms. The second-order valence-electron chi connectivity index (χ2n) is 6.50. The fourth-order valence-corrected chi connectivity index (χ4v) is 3.27. The molecule has 1 aliphatic heterocycles. The Labute approximate surface area is 149 Å². The minimum absolute atomic E-state index is 0.0317. The van der Waals surface area contributed by atoms with Crippen LogP contribution in [0.4, 0.5) is 11.4 Å². The second-order valence-corrected chi connectivity index (χ2v) is 6.50. The molecule has 0 aliphatic carbocycles. The van der Waals surface area contributed by atoms with Crippen LogP contribution < -0.4 is 9.80 Å². The number of hydrogen-bond donors (Lipinski definition) is 0. The van der Waals surface area contributed by atoms with E-state index in [1.807, 2.05) is 29.2 Å². The molecule has 1 heterocycles. The molecule has 0 atom stereocenters. The fraction of sp³-hybridized carbons (Fsp3) is 0.333. The van der Waals surface area contributed by atoms with Gasteiger partial charge in [0.05, 0.1) is 11.4 Å². The molecule has 3 rings (SSSR count). The summed E-state index contributed by atoms with van der Waals surface area (Å²) in [6.45, 7) is 3.96. The number of Topliss-reactive ketones (excluding diaryl/α,β-unsaturated/α-hetero) is 1. The van der Waals surface area contributed by atoms with E-state index in [-0.39, 0.29) is 18.1 Å². The lowest BCUT2D eigenvalue weighted by Crippen LogP contribution is -2.31. The van der Waals surface area contributed by atoms with E-state index in [0.717, 1.165) is 30.9 Å². The number of carbonyl (C=O) groups is 2. The maximum Gasteiger partial charge on any atom is 0.227 e. The van der Waals surface area contributed by atoms with Crippen molar-refractivity contribution in [3.63, 3.8) is 0 Å². The predicted octanol–water partition coefficient (Wildman–Crippen LogP) is 3.80. The van der Waals surface area contributed by atoms with Gasteiger partial charge in [-0.25, -0.2) is 0 Å². The van der Waals surface area contributed by atoms with Crippen LogP contribution in [-0.4, -0.2) is 24.8 Å². The molecular formula is C21H24N2O2. The molecule has 0 fully saturated rings. The number of anilines is 2. The van der Waals surface area contributed by atoms with Crippen LogP contribution in [0.2, 0.25) is 0 Å². The lowest BCUT2D eigenvalue weighted by Gasteiger charge is -2.27. The minimum atomic E-state index is 0.0317. The summed E-state index contributed by atoms with van der Waals surface area (Å²) in [6, 6.07) is 18.4. The number of ketones is 1. The Hall–Kier alpha value is -2.62. The van der Waals surface area contributed by atoms with Gasteiger partial charge in [0.15, 0.2) is 0 Å². The third-order valence-electron chi connectivity index (χ3n) is 4.53. The highest BCUT2D eigenvalue weighted by Gasteiger charge is 2.24. The molecule has 0 aromatic heterocycles. The third kappa shape index (κ3) is 4.27. The van der Waals surface area contributed by atoms with Crippen LogP contribution in [0.25, 0.3) is 0 Å². The number of benzene rings is 2. The smallest absolute Gasteiger partial charge is 0.227 e. The first-order valence-corrected chi connectivity index (χ1v) is 8.83. The molecule has 2 aromatic rings. The van der Waals surface area contributed by atoms with Gasteiger partial charge in [0, 0.05) is 32.5 Å². The summed E-state index contributed by atoms with van der Waals surface area (Å²) in [5, 5.41) is 0. The van der Waals surface area contributed by atoms with E-state index < -0.39 is 0 Å². The molecule has 1 aliphatic rings. The van der Waals surface area contributed by atoms with E-state index in [9.17, 15) is 9.59 Å². The van der Waals surface area contributed by atoms with Gasteiger partial charge in [-0.15, -0.1) is 0 Å². The minimum Gasteiger partial charge on any atom is -0.365 e. The summed E-state index contributed by atoms with van der Waals surface area (Å²) in [5.41, 5.74) is 3.29. The van der Waals surface area contributed by atoms with Crippen LogP contribution >= 0.6 is 0 Å². The number of fused-ring (bicyclic) bond motifs is 1. The van der Waals surface area contributed by atoms with Gasteiger partial charge in [-0.2, -0.15) is 0 Å². The SMILES string of the molecule is CC(=O)CCC(=O)N1CCCN(Cc2ccccc2)c2ccccc21. The molecule has 0 saturated carbocycles. The van der Waals surface area contributed by atoms with E-state index in [0.29, 0.717) is 13.0 Å². The first-order chi connectivity index (χ1) is 12.1. The highest BCUT2D eigenvalue weighted by Crippen LogP contribution is 2.33. The van der Waals surface area contributed by atoms with Crippen LogP contribution in [0.3, 0.4) is 0 Å². The zero-order valence-corrected chi connectivity index (χ0v) is 14.6. The molecule has 1 amide bonds. The average Bonchev–Trinajstić information content (AvgIpc) is 2.81. The second kappa shape index (κ2) is 7.97. The van der Waals surface area contributed by atoms with Crippen molar-refractivity contribution < 1.29 is 9.59 Å². The molecule has 130 valence electrons. The largest absolute Gasteiger partial charge is 0.365 e. The van der Waals surface area contributed by atoms with Gasteiger partial charge in [0.2, 0.25) is 5.91 Å². The van der Waals surface area contributed by atoms with Crippen molar-refractivity contribution in [3.8, 4) is 0 Å². The summed E-state index contributed by atoms with van der Waals surface area (Å²) >= 11 is 0. The van der Waals surface area contributed by atoms with Gasteiger partial charge in [0.25, 0.3) is 0 Å². The van der Waals surface area contributed by atoms with E-state index in [2.05, 4.69) is 35.2 Å². The predicted molar refractivity (Wildman–Crippen MR) is 101 cm³/mol. The maximum absolute atomic E-state index is 12.6. The number of rotatable bonds is 5. The van der Waals surface area contributed by atoms with Gasteiger partial charge in [0.1, 0.15) is 5.78 Å². The quantitative estimate of drug-likeness (QED) is 0.834. The third-order valence-corrected chi connectivity index (χ3v) is 4.53. The highest BCUT2D eigenvalue weighted by atomic mass is 16.2. The molecule has 0 bridgehead atoms. The Balaban J connectivity index is 1.85. The molecule has 4 heteroatoms. The number of nitrogens with zero attached hydrogens (tertiary/aromatic N) is 2. The molecule has 4 nitrogen and oxygen atoms in total. The molecule has 25 heavy (non-hydrogen) atoms. The number of para-hydroxylation sites is 2. The fourth-order valence-electron chi connectivity index (χ4n) is 3.27. The molecular weight excluding hydrogens is 312 g/mol. The molecule has 0 unspecified atom stereocenters. The Morgan fingerprint density at radius 3 is 2.28 bits per heavy atom. The van der Waals surface area contributed by atoms with Gasteiger partial charge >= 0.3 is 0 Å². The zero-order valence-electron chi connectivity index (χ0n) is 14.6. The summed E-state index contributed by atoms with van der Waals surface area (Å²) in [5.74, 6) is 0.0892. The standard InChI is InChI=1S/C21H24N2O2/c1-17(24)12-13-21(25)23-15-7-14-22(16-18-8-3-2-4-9-18)19-10-5-6-11-20(19)23/h2-6,8-11H,7,12-16H2,1H3. The topological polar surface area (TPSA) is 40.6 Å². The monoisotopic (exact) mass is 336 g/mol. The average molecular weight is 336 g/mol. The summed E-state index contributed by atoms with van der Waals surface area (Å²) in [7, 11) is 0. The van der Waals surface area contributed by atoms with Gasteiger partial charge < -0.3 is 14.6 Å². The van der Waals surface area contributed by atoms with Crippen LogP contribution in [0.5, 0.6) is 0 Å². The Morgan fingerprint density at radius 2 is 1.56 bits per heavy atom. The van der Waals surface area contributed by atoms with E-state index in [1.54, 1.807) is 0 Å². The van der Waals surface area contributed by atoms with Crippen molar-refractivity contribution in [2.75, 3.05) is 22.9 Å². The first kappa shape index (κ1) is 17.2. The lowest BCUT2D eigenvalue weighted by molar-refractivity contribution is -0.123. The van der Waals surface area contributed by atoms with Crippen LogP contribution in [0.15, 0.2) is 54.6 Å². The van der Waals surface area contributed by atoms with E-state index >= 15 is 0 Å². The first-order valence-electron chi connectivity index (χ1n) is 8.83. The summed E-state index contributed by atoms with van der Waals surface area (Å²) < 4.78 is 0. The molecule has 0 radical (unpaired) electrons. The molecule has 0 saturated heterocycles. The van der Waals surface area contributed by atoms with Crippen molar-refractivity contribution in [1.29, 1.82) is 0 Å². The lowest BCUT2D eigenvalue weighted by atomic mass is 10.1. The zero-order chi connectivity index (χ0) is 17.6. The Bertz CT molecular complexity index is 743. The van der Waals surface area contributed by atoms with Crippen LogP contribution in [0.1, 0.15) is 31.7 Å². The molecule has 0 N–H and O–H groups in total. The van der Waals surface area contributed by atoms with Gasteiger partial charge in [-0.1, -0.05) is 42.5 Å². The summed E-state index contributed by atoms with van der Waals surface area (Å²) in [6.07, 6.45) is 1.50. The van der Waals surface area contributed by atoms with Crippen molar-refractivity contribution >= 4 is 23.1 Å². The van der Waals surface area contributed by atoms with Gasteiger partial charge in [-0.3, -0.25) is 4.79 Å². The molecule has 2 aromatic carbocycles.